The minimum atomic E-state index is 0. The van der Waals surface area contributed by atoms with Crippen molar-refractivity contribution in [1.82, 2.24) is 0 Å². The third-order valence-corrected chi connectivity index (χ3v) is 1.84. The van der Waals surface area contributed by atoms with E-state index in [-0.39, 0.29) is 12.4 Å². The van der Waals surface area contributed by atoms with E-state index >= 15 is 0 Å². The Kier molecular flexibility index (Phi) is 4.19. The number of halogens is 1. The molecule has 0 aromatic heterocycles. The van der Waals surface area contributed by atoms with Crippen molar-refractivity contribution in [2.24, 2.45) is 11.7 Å². The van der Waals surface area contributed by atoms with Crippen LogP contribution in [0.5, 0.6) is 0 Å². The van der Waals surface area contributed by atoms with Crippen LogP contribution in [0, 0.1) is 5.92 Å². The lowest BCUT2D eigenvalue weighted by Crippen LogP contribution is -2.15. The SMILES string of the molecule is Cl.N[C@H]1CC[C@@H](CO)C1. The average Bonchev–Trinajstić information content (AvgIpc) is 2.14. The fourth-order valence-electron chi connectivity index (χ4n) is 1.28. The van der Waals surface area contributed by atoms with Gasteiger partial charge in [-0.2, -0.15) is 0 Å². The third kappa shape index (κ3) is 2.52. The highest BCUT2D eigenvalue weighted by atomic mass is 35.5. The zero-order chi connectivity index (χ0) is 5.98. The molecule has 0 heterocycles. The molecule has 0 bridgehead atoms. The molecule has 1 saturated carbocycles. The highest BCUT2D eigenvalue weighted by Gasteiger charge is 2.19. The van der Waals surface area contributed by atoms with Crippen LogP contribution in [0.3, 0.4) is 0 Å². The maximum absolute atomic E-state index is 8.63. The smallest absolute Gasteiger partial charge is 0.0459 e. The highest BCUT2D eigenvalue weighted by molar-refractivity contribution is 5.85. The van der Waals surface area contributed by atoms with E-state index in [2.05, 4.69) is 0 Å². The molecule has 0 amide bonds. The zero-order valence-electron chi connectivity index (χ0n) is 5.42. The molecule has 0 aromatic rings. The van der Waals surface area contributed by atoms with Gasteiger partial charge in [0.1, 0.15) is 0 Å². The van der Waals surface area contributed by atoms with E-state index in [1.54, 1.807) is 0 Å². The molecule has 3 N–H and O–H groups in total. The van der Waals surface area contributed by atoms with Crippen LogP contribution in [-0.4, -0.2) is 17.8 Å². The van der Waals surface area contributed by atoms with Crippen LogP contribution in [0.1, 0.15) is 19.3 Å². The van der Waals surface area contributed by atoms with Crippen molar-refractivity contribution in [1.29, 1.82) is 0 Å². The fraction of sp³-hybridized carbons (Fsp3) is 1.00. The summed E-state index contributed by atoms with van der Waals surface area (Å²) >= 11 is 0. The van der Waals surface area contributed by atoms with Gasteiger partial charge >= 0.3 is 0 Å². The Morgan fingerprint density at radius 2 is 2.11 bits per heavy atom. The maximum Gasteiger partial charge on any atom is 0.0459 e. The minimum Gasteiger partial charge on any atom is -0.396 e. The molecule has 0 aromatic carbocycles. The predicted molar refractivity (Wildman–Crippen MR) is 39.7 cm³/mol. The molecule has 0 saturated heterocycles. The van der Waals surface area contributed by atoms with Gasteiger partial charge in [0, 0.05) is 12.6 Å². The molecular formula is C6H14ClNO. The van der Waals surface area contributed by atoms with E-state index in [1.165, 1.54) is 0 Å². The number of nitrogens with two attached hydrogens (primary N) is 1. The molecule has 2 nitrogen and oxygen atoms in total. The average molecular weight is 152 g/mol. The summed E-state index contributed by atoms with van der Waals surface area (Å²) in [5, 5.41) is 8.63. The second-order valence-electron chi connectivity index (χ2n) is 2.62. The second kappa shape index (κ2) is 4.09. The molecule has 3 heteroatoms. The summed E-state index contributed by atoms with van der Waals surface area (Å²) in [6.45, 7) is 0.327. The Balaban J connectivity index is 0.000000640. The van der Waals surface area contributed by atoms with Crippen molar-refractivity contribution in [3.63, 3.8) is 0 Å². The summed E-state index contributed by atoms with van der Waals surface area (Å²) in [5.74, 6) is 0.505. The van der Waals surface area contributed by atoms with Gasteiger partial charge in [-0.15, -0.1) is 12.4 Å². The van der Waals surface area contributed by atoms with Gasteiger partial charge in [0.2, 0.25) is 0 Å². The number of rotatable bonds is 1. The Morgan fingerprint density at radius 1 is 1.44 bits per heavy atom. The zero-order valence-corrected chi connectivity index (χ0v) is 6.23. The molecular weight excluding hydrogens is 138 g/mol. The molecule has 56 valence electrons. The van der Waals surface area contributed by atoms with Crippen LogP contribution in [0.25, 0.3) is 0 Å². The van der Waals surface area contributed by atoms with Crippen molar-refractivity contribution in [2.45, 2.75) is 25.3 Å². The molecule has 1 aliphatic carbocycles. The lowest BCUT2D eigenvalue weighted by molar-refractivity contribution is 0.229. The van der Waals surface area contributed by atoms with Gasteiger partial charge in [-0.25, -0.2) is 0 Å². The molecule has 0 spiro atoms. The molecule has 0 radical (unpaired) electrons. The summed E-state index contributed by atoms with van der Waals surface area (Å²) in [6.07, 6.45) is 3.25. The van der Waals surface area contributed by atoms with Crippen LogP contribution >= 0.6 is 12.4 Å². The van der Waals surface area contributed by atoms with Gasteiger partial charge in [0.15, 0.2) is 0 Å². The summed E-state index contributed by atoms with van der Waals surface area (Å²) in [6, 6.07) is 0.368. The van der Waals surface area contributed by atoms with Crippen LogP contribution < -0.4 is 5.73 Å². The van der Waals surface area contributed by atoms with Crippen molar-refractivity contribution >= 4 is 12.4 Å². The van der Waals surface area contributed by atoms with Gasteiger partial charge in [0.25, 0.3) is 0 Å². The van der Waals surface area contributed by atoms with Crippen molar-refractivity contribution in [2.75, 3.05) is 6.61 Å². The van der Waals surface area contributed by atoms with Gasteiger partial charge in [-0.1, -0.05) is 0 Å². The number of aliphatic hydroxyl groups is 1. The topological polar surface area (TPSA) is 46.2 Å². The lowest BCUT2D eigenvalue weighted by Gasteiger charge is -2.01. The monoisotopic (exact) mass is 151 g/mol. The summed E-state index contributed by atoms with van der Waals surface area (Å²) < 4.78 is 0. The number of hydrogen-bond donors (Lipinski definition) is 2. The van der Waals surface area contributed by atoms with Gasteiger partial charge in [0.05, 0.1) is 0 Å². The normalized spacial score (nSPS) is 34.0. The Morgan fingerprint density at radius 3 is 2.33 bits per heavy atom. The quantitative estimate of drug-likeness (QED) is 0.575. The molecule has 1 fully saturated rings. The first kappa shape index (κ1) is 9.21. The first-order valence-electron chi connectivity index (χ1n) is 3.19. The Labute approximate surface area is 61.8 Å². The summed E-state index contributed by atoms with van der Waals surface area (Å²) in [5.41, 5.74) is 5.59. The molecule has 0 aliphatic heterocycles. The number of hydrogen-bond acceptors (Lipinski definition) is 2. The van der Waals surface area contributed by atoms with Gasteiger partial charge in [-0.05, 0) is 25.2 Å². The van der Waals surface area contributed by atoms with Crippen molar-refractivity contribution < 1.29 is 5.11 Å². The minimum absolute atomic E-state index is 0. The summed E-state index contributed by atoms with van der Waals surface area (Å²) in [4.78, 5) is 0. The number of aliphatic hydroxyl groups excluding tert-OH is 1. The predicted octanol–water partition coefficient (Wildman–Crippen LogP) is 0.528. The molecule has 1 rings (SSSR count). The fourth-order valence-corrected chi connectivity index (χ4v) is 1.28. The van der Waals surface area contributed by atoms with Crippen LogP contribution in [-0.2, 0) is 0 Å². The highest BCUT2D eigenvalue weighted by Crippen LogP contribution is 2.22. The first-order valence-corrected chi connectivity index (χ1v) is 3.19. The van der Waals surface area contributed by atoms with E-state index in [9.17, 15) is 0 Å². The summed E-state index contributed by atoms with van der Waals surface area (Å²) in [7, 11) is 0. The standard InChI is InChI=1S/C6H13NO.ClH/c7-6-2-1-5(3-6)4-8;/h5-6,8H,1-4,7H2;1H/t5-,6+;/m1./s1. The lowest BCUT2D eigenvalue weighted by atomic mass is 10.1. The van der Waals surface area contributed by atoms with E-state index in [4.69, 9.17) is 10.8 Å². The van der Waals surface area contributed by atoms with Gasteiger partial charge < -0.3 is 10.8 Å². The van der Waals surface area contributed by atoms with Crippen LogP contribution in [0.4, 0.5) is 0 Å². The van der Waals surface area contributed by atoms with Crippen molar-refractivity contribution in [3.8, 4) is 0 Å². The molecule has 2 atom stereocenters. The molecule has 9 heavy (non-hydrogen) atoms. The molecule has 0 unspecified atom stereocenters. The van der Waals surface area contributed by atoms with E-state index < -0.39 is 0 Å². The van der Waals surface area contributed by atoms with E-state index in [1.807, 2.05) is 0 Å². The first-order chi connectivity index (χ1) is 3.83. The Hall–Kier alpha value is 0.210. The van der Waals surface area contributed by atoms with Gasteiger partial charge in [-0.3, -0.25) is 0 Å². The van der Waals surface area contributed by atoms with Crippen molar-refractivity contribution in [3.05, 3.63) is 0 Å². The third-order valence-electron chi connectivity index (χ3n) is 1.84. The van der Waals surface area contributed by atoms with E-state index in [0.29, 0.717) is 18.6 Å². The van der Waals surface area contributed by atoms with Crippen LogP contribution in [0.15, 0.2) is 0 Å². The largest absolute Gasteiger partial charge is 0.396 e. The second-order valence-corrected chi connectivity index (χ2v) is 2.62. The maximum atomic E-state index is 8.63. The molecule has 1 aliphatic rings. The Bertz CT molecular complexity index is 79.5. The van der Waals surface area contributed by atoms with Crippen LogP contribution in [0.2, 0.25) is 0 Å². The van der Waals surface area contributed by atoms with E-state index in [0.717, 1.165) is 19.3 Å².